The second kappa shape index (κ2) is 10.5. The molecule has 11 heavy (non-hydrogen) atoms. The highest BCUT2D eigenvalue weighted by Gasteiger charge is 1.97. The molecule has 0 unspecified atom stereocenters. The van der Waals surface area contributed by atoms with Crippen molar-refractivity contribution in [1.82, 2.24) is 0 Å². The third-order valence-corrected chi connectivity index (χ3v) is 2.21. The van der Waals surface area contributed by atoms with E-state index in [1.165, 1.54) is 62.3 Å². The van der Waals surface area contributed by atoms with Gasteiger partial charge >= 0.3 is 0 Å². The molecule has 0 nitrogen and oxygen atoms in total. The van der Waals surface area contributed by atoms with E-state index in [0.29, 0.717) is 0 Å². The van der Waals surface area contributed by atoms with Crippen molar-refractivity contribution in [2.75, 3.05) is 0 Å². The molecule has 0 aliphatic heterocycles. The second-order valence-corrected chi connectivity index (χ2v) is 3.47. The van der Waals surface area contributed by atoms with Gasteiger partial charge in [-0.15, -0.1) is 6.22 Å². The van der Waals surface area contributed by atoms with E-state index in [-0.39, 0.29) is 17.1 Å². The lowest BCUT2D eigenvalue weighted by Crippen LogP contribution is -2.26. The van der Waals surface area contributed by atoms with E-state index in [1.807, 2.05) is 0 Å². The Labute approximate surface area is 95.2 Å². The highest BCUT2D eigenvalue weighted by molar-refractivity contribution is 7.62. The molecule has 0 bridgehead atoms. The molecule has 0 aromatic carbocycles. The van der Waals surface area contributed by atoms with E-state index in [1.54, 1.807) is 0 Å². The maximum absolute atomic E-state index is 2.27. The summed E-state index contributed by atoms with van der Waals surface area (Å²) in [5, 5.41) is 0. The molecule has 0 heterocycles. The lowest BCUT2D eigenvalue weighted by molar-refractivity contribution is 1.45. The maximum atomic E-state index is 2.27. The third-order valence-electron chi connectivity index (χ3n) is 2.21. The van der Waals surface area contributed by atoms with Gasteiger partial charge in [-0.2, -0.15) is 0 Å². The molecule has 0 rings (SSSR count). The summed E-state index contributed by atoms with van der Waals surface area (Å²) in [6, 6.07) is 0. The van der Waals surface area contributed by atoms with Gasteiger partial charge in [-0.25, -0.2) is 0 Å². The van der Waals surface area contributed by atoms with Crippen LogP contribution >= 0.6 is 0 Å². The number of hydrogen-bond acceptors (Lipinski definition) is 0. The van der Waals surface area contributed by atoms with E-state index >= 15 is 0 Å². The zero-order valence-electron chi connectivity index (χ0n) is 20.4. The summed E-state index contributed by atoms with van der Waals surface area (Å²) < 4.78 is 0. The summed E-state index contributed by atoms with van der Waals surface area (Å²) in [6.07, 6.45) is 2.83. The molecule has 8 heteroatoms. The molecule has 0 amide bonds. The largest absolute Gasteiger partial charge is 1.00 e. The first-order valence-corrected chi connectivity index (χ1v) is 5.41. The molecule has 0 aliphatic rings. The fraction of sp³-hybridized carbons (Fsp3) is 1.00. The monoisotopic (exact) mass is 152 g/mol. The Balaban J connectivity index is -0.00000000758. The highest BCUT2D eigenvalue weighted by Crippen LogP contribution is 1.79. The fourth-order valence-electron chi connectivity index (χ4n) is 1.38. The SMILES string of the molecule is BBBBBBBCBCC.[H-].[H-].[H-].[H-].[H-].[H-].[H-].[H-].[H-].[H-].[H-].[H-]. The Morgan fingerprint density at radius 2 is 1.91 bits per heavy atom. The quantitative estimate of drug-likeness (QED) is 0.262. The summed E-state index contributed by atoms with van der Waals surface area (Å²) in [5.41, 5.74) is 0. The molecular formula is C3H28B8-12. The molecule has 0 saturated heterocycles. The van der Waals surface area contributed by atoms with Gasteiger partial charge in [0.05, 0.1) is 14.9 Å². The van der Waals surface area contributed by atoms with Crippen molar-refractivity contribution < 1.29 is 17.1 Å². The van der Waals surface area contributed by atoms with Gasteiger partial charge in [-0.3, -0.25) is 0 Å². The van der Waals surface area contributed by atoms with Gasteiger partial charge in [0.25, 0.3) is 0 Å². The Morgan fingerprint density at radius 1 is 1.18 bits per heavy atom. The van der Waals surface area contributed by atoms with Gasteiger partial charge in [-0.1, -0.05) is 13.2 Å². The van der Waals surface area contributed by atoms with Crippen LogP contribution in [0.3, 0.4) is 0 Å². The van der Waals surface area contributed by atoms with Crippen LogP contribution in [0.2, 0.25) is 12.5 Å². The molecule has 76 valence electrons. The summed E-state index contributed by atoms with van der Waals surface area (Å²) in [4.78, 5) is 0. The van der Waals surface area contributed by atoms with Crippen molar-refractivity contribution >= 4 is 57.5 Å². The van der Waals surface area contributed by atoms with Crippen LogP contribution in [0, 0.1) is 0 Å². The van der Waals surface area contributed by atoms with E-state index in [2.05, 4.69) is 14.7 Å². The van der Waals surface area contributed by atoms with Crippen LogP contribution in [-0.4, -0.2) is 57.5 Å². The van der Waals surface area contributed by atoms with Crippen molar-refractivity contribution in [2.24, 2.45) is 0 Å². The fourth-order valence-corrected chi connectivity index (χ4v) is 1.38. The lowest BCUT2D eigenvalue weighted by Gasteiger charge is -1.91. The van der Waals surface area contributed by atoms with Crippen LogP contribution in [0.5, 0.6) is 0 Å². The summed E-state index contributed by atoms with van der Waals surface area (Å²) in [5.74, 6) is 0. The maximum Gasteiger partial charge on any atom is 0.112 e. The van der Waals surface area contributed by atoms with E-state index in [4.69, 9.17) is 0 Å². The molecule has 0 aromatic heterocycles. The van der Waals surface area contributed by atoms with Crippen LogP contribution in [0.4, 0.5) is 0 Å². The minimum absolute atomic E-state index is 0. The molecule has 0 N–H and O–H groups in total. The van der Waals surface area contributed by atoms with Gasteiger partial charge in [0.1, 0.15) is 7.28 Å². The minimum atomic E-state index is 0. The first-order valence-electron chi connectivity index (χ1n) is 5.41. The molecule has 0 aliphatic carbocycles. The van der Waals surface area contributed by atoms with Crippen molar-refractivity contribution in [1.29, 1.82) is 0 Å². The Morgan fingerprint density at radius 3 is 2.55 bits per heavy atom. The van der Waals surface area contributed by atoms with Gasteiger partial charge in [0.2, 0.25) is 0 Å². The van der Waals surface area contributed by atoms with E-state index in [9.17, 15) is 0 Å². The van der Waals surface area contributed by atoms with Crippen LogP contribution in [0.25, 0.3) is 0 Å². The van der Waals surface area contributed by atoms with Crippen LogP contribution in [-0.2, 0) is 0 Å². The van der Waals surface area contributed by atoms with Gasteiger partial charge in [-0.05, 0) is 0 Å². The Bertz CT molecular complexity index is 81.3. The summed E-state index contributed by atoms with van der Waals surface area (Å²) in [6.45, 7) is 2.27. The highest BCUT2D eigenvalue weighted by atomic mass is 13.4. The van der Waals surface area contributed by atoms with Gasteiger partial charge < -0.3 is 17.1 Å². The third kappa shape index (κ3) is 10.5. The molecule has 0 saturated carbocycles. The molecule has 0 atom stereocenters. The molecule has 0 spiro atoms. The zero-order chi connectivity index (χ0) is 8.36. The van der Waals surface area contributed by atoms with Gasteiger partial charge in [0.15, 0.2) is 0 Å². The summed E-state index contributed by atoms with van der Waals surface area (Å²) >= 11 is 0. The Kier molecular flexibility index (Phi) is 11.0. The topological polar surface area (TPSA) is 0 Å². The minimum Gasteiger partial charge on any atom is -1.00 e. The van der Waals surface area contributed by atoms with E-state index in [0.717, 1.165) is 0 Å². The van der Waals surface area contributed by atoms with Crippen molar-refractivity contribution in [2.45, 2.75) is 19.5 Å². The Hall–Kier alpha value is 0.519. The first-order chi connectivity index (χ1) is 5.41. The lowest BCUT2D eigenvalue weighted by atomic mass is 8.94. The summed E-state index contributed by atoms with van der Waals surface area (Å²) in [7, 11) is 12.4. The average molecular weight is 151 g/mol. The van der Waals surface area contributed by atoms with Crippen LogP contribution in [0.1, 0.15) is 24.0 Å². The molecule has 0 radical (unpaired) electrons. The van der Waals surface area contributed by atoms with E-state index < -0.39 is 0 Å². The number of rotatable bonds is 8. The molecule has 0 aromatic rings. The molecule has 0 fully saturated rings. The predicted molar refractivity (Wildman–Crippen MR) is 87.2 cm³/mol. The van der Waals surface area contributed by atoms with Crippen LogP contribution < -0.4 is 0 Å². The second-order valence-electron chi connectivity index (χ2n) is 3.47. The molecular weight excluding hydrogens is 123 g/mol. The normalized spacial score (nSPS) is 7.73. The number of hydrogen-bond donors (Lipinski definition) is 0. The van der Waals surface area contributed by atoms with Crippen molar-refractivity contribution in [3.05, 3.63) is 0 Å². The van der Waals surface area contributed by atoms with Gasteiger partial charge in [0, 0.05) is 35.3 Å². The van der Waals surface area contributed by atoms with Crippen molar-refractivity contribution in [3.63, 3.8) is 0 Å². The zero-order valence-corrected chi connectivity index (χ0v) is 8.36. The average Bonchev–Trinajstić information content (AvgIpc) is 2.03. The van der Waals surface area contributed by atoms with Crippen molar-refractivity contribution in [3.8, 4) is 0 Å². The first kappa shape index (κ1) is 11.5. The smallest absolute Gasteiger partial charge is 0.112 e. The van der Waals surface area contributed by atoms with Crippen LogP contribution in [0.15, 0.2) is 0 Å². The standard InChI is InChI=1S/C3H16B8.12H/c1-2-5-3-6-8-10-11-9-7-4;;;;;;;;;;;;/h5-11H,2-4H2,1H3;;;;;;;;;;;;/q;12*-1. The predicted octanol–water partition coefficient (Wildman–Crippen LogP) is -2.67.